The van der Waals surface area contributed by atoms with E-state index in [1.807, 2.05) is 47.0 Å². The number of hydrogen-bond acceptors (Lipinski definition) is 6. The molecule has 5 aromatic rings. The van der Waals surface area contributed by atoms with E-state index < -0.39 is 0 Å². The van der Waals surface area contributed by atoms with E-state index in [2.05, 4.69) is 11.6 Å². The number of ether oxygens (including phenoxy) is 2. The molecule has 8 nitrogen and oxygen atoms in total. The quantitative estimate of drug-likeness (QED) is 0.424. The summed E-state index contributed by atoms with van der Waals surface area (Å²) in [7, 11) is 0. The number of para-hydroxylation sites is 2. The van der Waals surface area contributed by atoms with Gasteiger partial charge in [-0.05, 0) is 24.3 Å². The second-order valence-electron chi connectivity index (χ2n) is 7.24. The Kier molecular flexibility index (Phi) is 3.79. The zero-order chi connectivity index (χ0) is 20.9. The van der Waals surface area contributed by atoms with Gasteiger partial charge in [0.25, 0.3) is 5.56 Å². The van der Waals surface area contributed by atoms with Gasteiger partial charge >= 0.3 is 0 Å². The predicted octanol–water partition coefficient (Wildman–Crippen LogP) is 3.24. The lowest BCUT2D eigenvalue weighted by Crippen LogP contribution is -2.20. The summed E-state index contributed by atoms with van der Waals surface area (Å²) in [5.41, 5.74) is 3.61. The van der Waals surface area contributed by atoms with Crippen LogP contribution in [0.4, 0.5) is 0 Å². The van der Waals surface area contributed by atoms with Crippen molar-refractivity contribution in [3.05, 3.63) is 71.8 Å². The predicted molar refractivity (Wildman–Crippen MR) is 117 cm³/mol. The van der Waals surface area contributed by atoms with Crippen molar-refractivity contribution in [1.82, 2.24) is 24.1 Å². The smallest absolute Gasteiger partial charge is 0.265 e. The Labute approximate surface area is 176 Å². The first kappa shape index (κ1) is 17.6. The zero-order valence-corrected chi connectivity index (χ0v) is 16.5. The van der Waals surface area contributed by atoms with Crippen molar-refractivity contribution in [3.63, 3.8) is 0 Å². The van der Waals surface area contributed by atoms with Crippen molar-refractivity contribution in [1.29, 1.82) is 0 Å². The molecule has 0 bridgehead atoms. The molecule has 0 amide bonds. The molecule has 0 radical (unpaired) electrons. The summed E-state index contributed by atoms with van der Waals surface area (Å²) in [4.78, 5) is 27.5. The first-order chi connectivity index (χ1) is 15.2. The van der Waals surface area contributed by atoms with E-state index in [0.29, 0.717) is 53.5 Å². The lowest BCUT2D eigenvalue weighted by Gasteiger charge is -2.19. The monoisotopic (exact) mass is 411 g/mol. The maximum absolute atomic E-state index is 13.3. The summed E-state index contributed by atoms with van der Waals surface area (Å²) >= 11 is 0. The third kappa shape index (κ3) is 2.61. The van der Waals surface area contributed by atoms with E-state index >= 15 is 0 Å². The Morgan fingerprint density at radius 1 is 1.00 bits per heavy atom. The molecule has 0 fully saturated rings. The van der Waals surface area contributed by atoms with Crippen LogP contribution in [-0.4, -0.2) is 37.3 Å². The van der Waals surface area contributed by atoms with Crippen LogP contribution in [0.5, 0.6) is 11.5 Å². The fraction of sp³-hybridized carbons (Fsp3) is 0.130. The van der Waals surface area contributed by atoms with E-state index in [0.717, 1.165) is 16.7 Å². The van der Waals surface area contributed by atoms with Gasteiger partial charge in [0.15, 0.2) is 22.8 Å². The van der Waals surface area contributed by atoms with Gasteiger partial charge in [0.2, 0.25) is 0 Å². The Balaban J connectivity index is 1.75. The molecular formula is C23H17N5O3. The average Bonchev–Trinajstić information content (AvgIpc) is 3.13. The van der Waals surface area contributed by atoms with Crippen molar-refractivity contribution in [2.75, 3.05) is 13.2 Å². The standard InChI is InChI=1S/C23H17N5O3/c1-2-9-27-13-24-21-19(23(27)29)20-22(26-16-6-4-3-5-15(16)25-20)28(21)14-7-8-17-18(12-14)31-11-10-30-17/h2-8,12-13H,1,9-11H2. The van der Waals surface area contributed by atoms with E-state index in [4.69, 9.17) is 19.4 Å². The van der Waals surface area contributed by atoms with Crippen LogP contribution in [0.1, 0.15) is 0 Å². The van der Waals surface area contributed by atoms with Crippen LogP contribution in [-0.2, 0) is 6.54 Å². The number of hydrogen-bond donors (Lipinski definition) is 0. The fourth-order valence-electron chi connectivity index (χ4n) is 3.96. The van der Waals surface area contributed by atoms with Crippen molar-refractivity contribution in [2.24, 2.45) is 0 Å². The van der Waals surface area contributed by atoms with Crippen LogP contribution < -0.4 is 15.0 Å². The van der Waals surface area contributed by atoms with Gasteiger partial charge < -0.3 is 9.47 Å². The van der Waals surface area contributed by atoms with Crippen LogP contribution in [0, 0.1) is 0 Å². The molecule has 0 N–H and O–H groups in total. The third-order valence-electron chi connectivity index (χ3n) is 5.34. The molecule has 152 valence electrons. The molecule has 0 atom stereocenters. The van der Waals surface area contributed by atoms with E-state index in [1.54, 1.807) is 6.08 Å². The highest BCUT2D eigenvalue weighted by Crippen LogP contribution is 2.35. The van der Waals surface area contributed by atoms with Crippen molar-refractivity contribution >= 4 is 33.2 Å². The Hall–Kier alpha value is -4.20. The molecule has 4 heterocycles. The average molecular weight is 411 g/mol. The highest BCUT2D eigenvalue weighted by atomic mass is 16.6. The number of aromatic nitrogens is 5. The van der Waals surface area contributed by atoms with E-state index in [1.165, 1.54) is 10.9 Å². The van der Waals surface area contributed by atoms with Crippen LogP contribution >= 0.6 is 0 Å². The van der Waals surface area contributed by atoms with Crippen molar-refractivity contribution in [2.45, 2.75) is 6.54 Å². The molecular weight excluding hydrogens is 394 g/mol. The molecule has 0 aliphatic carbocycles. The molecule has 31 heavy (non-hydrogen) atoms. The van der Waals surface area contributed by atoms with Crippen LogP contribution in [0.15, 0.2) is 66.2 Å². The minimum atomic E-state index is -0.184. The van der Waals surface area contributed by atoms with Gasteiger partial charge in [0.1, 0.15) is 30.4 Å². The Morgan fingerprint density at radius 3 is 2.58 bits per heavy atom. The molecule has 0 saturated carbocycles. The molecule has 1 aliphatic rings. The molecule has 0 unspecified atom stereocenters. The zero-order valence-electron chi connectivity index (χ0n) is 16.5. The summed E-state index contributed by atoms with van der Waals surface area (Å²) in [5, 5.41) is 0.424. The first-order valence-electron chi connectivity index (χ1n) is 9.92. The maximum Gasteiger partial charge on any atom is 0.265 e. The van der Waals surface area contributed by atoms with Gasteiger partial charge in [-0.25, -0.2) is 15.0 Å². The normalized spacial score (nSPS) is 13.2. The van der Waals surface area contributed by atoms with Gasteiger partial charge in [-0.1, -0.05) is 18.2 Å². The number of rotatable bonds is 3. The molecule has 0 saturated heterocycles. The lowest BCUT2D eigenvalue weighted by atomic mass is 10.2. The number of nitrogens with zero attached hydrogens (tertiary/aromatic N) is 5. The minimum absolute atomic E-state index is 0.184. The topological polar surface area (TPSA) is 84.1 Å². The first-order valence-corrected chi connectivity index (χ1v) is 9.92. The van der Waals surface area contributed by atoms with Crippen molar-refractivity contribution < 1.29 is 9.47 Å². The summed E-state index contributed by atoms with van der Waals surface area (Å²) in [5.74, 6) is 1.33. The third-order valence-corrected chi connectivity index (χ3v) is 5.34. The second-order valence-corrected chi connectivity index (χ2v) is 7.24. The van der Waals surface area contributed by atoms with E-state index in [-0.39, 0.29) is 5.56 Å². The highest BCUT2D eigenvalue weighted by Gasteiger charge is 2.22. The molecule has 8 heteroatoms. The number of benzene rings is 2. The van der Waals surface area contributed by atoms with Crippen LogP contribution in [0.25, 0.3) is 38.9 Å². The van der Waals surface area contributed by atoms with E-state index in [9.17, 15) is 4.79 Å². The summed E-state index contributed by atoms with van der Waals surface area (Å²) in [6.07, 6.45) is 3.19. The van der Waals surface area contributed by atoms with Gasteiger partial charge in [-0.2, -0.15) is 0 Å². The Bertz CT molecular complexity index is 1570. The van der Waals surface area contributed by atoms with Crippen LogP contribution in [0.3, 0.4) is 0 Å². The summed E-state index contributed by atoms with van der Waals surface area (Å²) in [6, 6.07) is 13.2. The molecule has 6 rings (SSSR count). The molecule has 2 aromatic carbocycles. The van der Waals surface area contributed by atoms with Crippen molar-refractivity contribution in [3.8, 4) is 17.2 Å². The van der Waals surface area contributed by atoms with Gasteiger partial charge in [0, 0.05) is 12.6 Å². The molecule has 0 spiro atoms. The van der Waals surface area contributed by atoms with Crippen LogP contribution in [0.2, 0.25) is 0 Å². The number of allylic oxidation sites excluding steroid dienone is 1. The second kappa shape index (κ2) is 6.66. The summed E-state index contributed by atoms with van der Waals surface area (Å²) in [6.45, 7) is 5.09. The van der Waals surface area contributed by atoms with Gasteiger partial charge in [0.05, 0.1) is 16.7 Å². The maximum atomic E-state index is 13.3. The fourth-order valence-corrected chi connectivity index (χ4v) is 3.96. The van der Waals surface area contributed by atoms with Gasteiger partial charge in [-0.3, -0.25) is 13.9 Å². The van der Waals surface area contributed by atoms with Gasteiger partial charge in [-0.15, -0.1) is 6.58 Å². The number of fused-ring (bicyclic) bond motifs is 5. The highest BCUT2D eigenvalue weighted by molar-refractivity contribution is 6.05. The largest absolute Gasteiger partial charge is 0.486 e. The SMILES string of the molecule is C=CCn1cnc2c(c1=O)c1nc3ccccc3nc1n2-c1ccc2c(c1)OCCO2. The molecule has 1 aliphatic heterocycles. The lowest BCUT2D eigenvalue weighted by molar-refractivity contribution is 0.171. The minimum Gasteiger partial charge on any atom is -0.486 e. The Morgan fingerprint density at radius 2 is 1.77 bits per heavy atom. The molecule has 3 aromatic heterocycles. The summed E-state index contributed by atoms with van der Waals surface area (Å²) < 4.78 is 14.8.